The number of aliphatic hydroxyl groups is 1. The first-order valence-electron chi connectivity index (χ1n) is 6.18. The highest BCUT2D eigenvalue weighted by atomic mass is 79.9. The minimum absolute atomic E-state index is 0.467. The molecule has 19 heavy (non-hydrogen) atoms. The third-order valence-corrected chi connectivity index (χ3v) is 3.49. The van der Waals surface area contributed by atoms with Gasteiger partial charge in [0.05, 0.1) is 30.9 Å². The highest BCUT2D eigenvalue weighted by molar-refractivity contribution is 9.10. The standard InChI is InChI=1S/C14H19BrN2O2/c1-11(18)12-4-5-14(13(15)10-12)17(7-3-6-16)8-9-19-2/h4-5,10-11,18H,3,7-9H2,1-2H3/t11-/m1/s1. The molecule has 1 aromatic rings. The zero-order valence-electron chi connectivity index (χ0n) is 11.3. The molecule has 1 N–H and O–H groups in total. The van der Waals surface area contributed by atoms with Gasteiger partial charge in [-0.05, 0) is 40.5 Å². The van der Waals surface area contributed by atoms with Crippen LogP contribution >= 0.6 is 15.9 Å². The van der Waals surface area contributed by atoms with Crippen molar-refractivity contribution < 1.29 is 9.84 Å². The number of rotatable bonds is 7. The molecular formula is C14H19BrN2O2. The second kappa shape index (κ2) is 8.16. The molecule has 104 valence electrons. The molecule has 0 saturated carbocycles. The van der Waals surface area contributed by atoms with Crippen LogP contribution in [0.15, 0.2) is 22.7 Å². The summed E-state index contributed by atoms with van der Waals surface area (Å²) in [7, 11) is 1.66. The van der Waals surface area contributed by atoms with E-state index in [9.17, 15) is 5.11 Å². The molecule has 0 amide bonds. The van der Waals surface area contributed by atoms with Gasteiger partial charge in [0, 0.05) is 24.7 Å². The fourth-order valence-corrected chi connectivity index (χ4v) is 2.43. The van der Waals surface area contributed by atoms with Gasteiger partial charge in [0.25, 0.3) is 0 Å². The maximum Gasteiger partial charge on any atom is 0.0762 e. The van der Waals surface area contributed by atoms with E-state index in [1.165, 1.54) is 0 Å². The normalized spacial score (nSPS) is 11.9. The van der Waals surface area contributed by atoms with E-state index in [1.807, 2.05) is 18.2 Å². The molecule has 0 saturated heterocycles. The van der Waals surface area contributed by atoms with Crippen molar-refractivity contribution in [2.75, 3.05) is 31.7 Å². The number of hydrogen-bond acceptors (Lipinski definition) is 4. The van der Waals surface area contributed by atoms with Gasteiger partial charge >= 0.3 is 0 Å². The average Bonchev–Trinajstić information content (AvgIpc) is 2.39. The zero-order valence-corrected chi connectivity index (χ0v) is 12.9. The van der Waals surface area contributed by atoms with Crippen molar-refractivity contribution in [1.82, 2.24) is 0 Å². The SMILES string of the molecule is COCCN(CCC#N)c1ccc([C@@H](C)O)cc1Br. The molecule has 0 bridgehead atoms. The monoisotopic (exact) mass is 326 g/mol. The Bertz CT molecular complexity index is 444. The number of nitrogens with zero attached hydrogens (tertiary/aromatic N) is 2. The quantitative estimate of drug-likeness (QED) is 0.837. The first-order valence-corrected chi connectivity index (χ1v) is 6.97. The van der Waals surface area contributed by atoms with Gasteiger partial charge in [0.1, 0.15) is 0 Å². The number of aliphatic hydroxyl groups excluding tert-OH is 1. The summed E-state index contributed by atoms with van der Waals surface area (Å²) in [5.74, 6) is 0. The molecule has 1 rings (SSSR count). The minimum atomic E-state index is -0.489. The lowest BCUT2D eigenvalue weighted by atomic mass is 10.1. The van der Waals surface area contributed by atoms with Gasteiger partial charge in [-0.1, -0.05) is 6.07 Å². The Morgan fingerprint density at radius 3 is 2.74 bits per heavy atom. The summed E-state index contributed by atoms with van der Waals surface area (Å²) >= 11 is 3.52. The van der Waals surface area contributed by atoms with Crippen LogP contribution < -0.4 is 4.90 Å². The fourth-order valence-electron chi connectivity index (χ4n) is 1.78. The first kappa shape index (κ1) is 16.0. The van der Waals surface area contributed by atoms with Gasteiger partial charge in [-0.25, -0.2) is 0 Å². The summed E-state index contributed by atoms with van der Waals surface area (Å²) < 4.78 is 6.01. The van der Waals surface area contributed by atoms with Gasteiger partial charge < -0.3 is 14.7 Å². The summed E-state index contributed by atoms with van der Waals surface area (Å²) in [5.41, 5.74) is 1.87. The maximum absolute atomic E-state index is 9.56. The van der Waals surface area contributed by atoms with Crippen LogP contribution in [-0.4, -0.2) is 31.9 Å². The van der Waals surface area contributed by atoms with Crippen molar-refractivity contribution in [3.05, 3.63) is 28.2 Å². The van der Waals surface area contributed by atoms with Crippen molar-refractivity contribution in [2.24, 2.45) is 0 Å². The van der Waals surface area contributed by atoms with Crippen molar-refractivity contribution >= 4 is 21.6 Å². The molecule has 0 heterocycles. The van der Waals surface area contributed by atoms with E-state index >= 15 is 0 Å². The van der Waals surface area contributed by atoms with Gasteiger partial charge in [-0.2, -0.15) is 5.26 Å². The molecule has 5 heteroatoms. The lowest BCUT2D eigenvalue weighted by Crippen LogP contribution is -2.28. The molecule has 0 fully saturated rings. The second-order valence-corrected chi connectivity index (χ2v) is 5.13. The van der Waals surface area contributed by atoms with Crippen molar-refractivity contribution in [3.63, 3.8) is 0 Å². The van der Waals surface area contributed by atoms with Crippen LogP contribution in [0.3, 0.4) is 0 Å². The Labute approximate surface area is 122 Å². The number of nitriles is 1. The van der Waals surface area contributed by atoms with E-state index in [0.29, 0.717) is 19.6 Å². The fraction of sp³-hybridized carbons (Fsp3) is 0.500. The molecule has 0 aliphatic rings. The van der Waals surface area contributed by atoms with Crippen LogP contribution in [0.1, 0.15) is 25.0 Å². The van der Waals surface area contributed by atoms with Crippen LogP contribution in [-0.2, 0) is 4.74 Å². The minimum Gasteiger partial charge on any atom is -0.389 e. The van der Waals surface area contributed by atoms with Crippen LogP contribution in [0.25, 0.3) is 0 Å². The Morgan fingerprint density at radius 2 is 2.21 bits per heavy atom. The highest BCUT2D eigenvalue weighted by Gasteiger charge is 2.11. The molecule has 0 aliphatic heterocycles. The maximum atomic E-state index is 9.56. The molecule has 1 atom stereocenters. The molecular weight excluding hydrogens is 308 g/mol. The van der Waals surface area contributed by atoms with E-state index in [0.717, 1.165) is 22.3 Å². The largest absolute Gasteiger partial charge is 0.389 e. The van der Waals surface area contributed by atoms with E-state index in [2.05, 4.69) is 26.9 Å². The summed E-state index contributed by atoms with van der Waals surface area (Å²) in [4.78, 5) is 2.10. The lowest BCUT2D eigenvalue weighted by molar-refractivity contribution is 0.199. The van der Waals surface area contributed by atoms with Gasteiger partial charge in [-0.15, -0.1) is 0 Å². The summed E-state index contributed by atoms with van der Waals surface area (Å²) in [6.07, 6.45) is -0.0224. The third-order valence-electron chi connectivity index (χ3n) is 2.85. The molecule has 4 nitrogen and oxygen atoms in total. The van der Waals surface area contributed by atoms with Crippen molar-refractivity contribution in [3.8, 4) is 6.07 Å². The summed E-state index contributed by atoms with van der Waals surface area (Å²) in [5, 5.41) is 18.3. The van der Waals surface area contributed by atoms with Crippen molar-refractivity contribution in [2.45, 2.75) is 19.4 Å². The van der Waals surface area contributed by atoms with Crippen LogP contribution in [0, 0.1) is 11.3 Å². The van der Waals surface area contributed by atoms with Gasteiger partial charge in [0.2, 0.25) is 0 Å². The lowest BCUT2D eigenvalue weighted by Gasteiger charge is -2.25. The Hall–Kier alpha value is -1.09. The van der Waals surface area contributed by atoms with Gasteiger partial charge in [-0.3, -0.25) is 0 Å². The third kappa shape index (κ3) is 4.83. The molecule has 0 aromatic heterocycles. The summed E-state index contributed by atoms with van der Waals surface area (Å²) in [6, 6.07) is 7.92. The number of methoxy groups -OCH3 is 1. The number of anilines is 1. The average molecular weight is 327 g/mol. The van der Waals surface area contributed by atoms with Crippen LogP contribution in [0.5, 0.6) is 0 Å². The molecule has 0 radical (unpaired) electrons. The van der Waals surface area contributed by atoms with E-state index in [-0.39, 0.29) is 0 Å². The number of benzene rings is 1. The molecule has 0 spiro atoms. The molecule has 0 aliphatic carbocycles. The number of halogens is 1. The van der Waals surface area contributed by atoms with Crippen LogP contribution in [0.4, 0.5) is 5.69 Å². The van der Waals surface area contributed by atoms with E-state index < -0.39 is 6.10 Å². The Morgan fingerprint density at radius 1 is 1.47 bits per heavy atom. The summed E-state index contributed by atoms with van der Waals surface area (Å²) in [6.45, 7) is 3.73. The van der Waals surface area contributed by atoms with E-state index in [4.69, 9.17) is 10.00 Å². The predicted molar refractivity (Wildman–Crippen MR) is 79.1 cm³/mol. The first-order chi connectivity index (χ1) is 9.10. The molecule has 0 unspecified atom stereocenters. The number of hydrogen-bond donors (Lipinski definition) is 1. The topological polar surface area (TPSA) is 56.5 Å². The second-order valence-electron chi connectivity index (χ2n) is 4.27. The number of ether oxygens (including phenoxy) is 1. The van der Waals surface area contributed by atoms with Crippen LogP contribution in [0.2, 0.25) is 0 Å². The van der Waals surface area contributed by atoms with E-state index in [1.54, 1.807) is 14.0 Å². The zero-order chi connectivity index (χ0) is 14.3. The highest BCUT2D eigenvalue weighted by Crippen LogP contribution is 2.29. The van der Waals surface area contributed by atoms with Gasteiger partial charge in [0.15, 0.2) is 0 Å². The smallest absolute Gasteiger partial charge is 0.0762 e. The predicted octanol–water partition coefficient (Wildman–Crippen LogP) is 2.87. The van der Waals surface area contributed by atoms with Crippen molar-refractivity contribution in [1.29, 1.82) is 5.26 Å². The molecule has 1 aromatic carbocycles. The Kier molecular flexibility index (Phi) is 6.85. The Balaban J connectivity index is 2.91.